The van der Waals surface area contributed by atoms with Crippen molar-refractivity contribution in [2.24, 2.45) is 16.7 Å². The Morgan fingerprint density at radius 2 is 1.95 bits per heavy atom. The third-order valence-corrected chi connectivity index (χ3v) is 7.15. The van der Waals surface area contributed by atoms with E-state index in [1.54, 1.807) is 0 Å². The van der Waals surface area contributed by atoms with Gasteiger partial charge in [-0.25, -0.2) is 0 Å². The number of likely N-dealkylation sites (tertiary alicyclic amines) is 1. The molecule has 122 valence electrons. The molecule has 3 aliphatic rings. The smallest absolute Gasteiger partial charge is 0.0689 e. The minimum Gasteiger partial charge on any atom is -0.392 e. The summed E-state index contributed by atoms with van der Waals surface area (Å²) in [4.78, 5) is 2.38. The maximum absolute atomic E-state index is 10.2. The highest BCUT2D eigenvalue weighted by Crippen LogP contribution is 2.66. The van der Waals surface area contributed by atoms with Crippen LogP contribution in [0, 0.1) is 16.7 Å². The van der Waals surface area contributed by atoms with Crippen molar-refractivity contribution in [3.05, 3.63) is 0 Å². The molecule has 0 amide bonds. The van der Waals surface area contributed by atoms with Gasteiger partial charge in [-0.1, -0.05) is 20.8 Å². The molecule has 0 aromatic heterocycles. The highest BCUT2D eigenvalue weighted by atomic mass is 16.5. The monoisotopic (exact) mass is 295 g/mol. The topological polar surface area (TPSA) is 32.7 Å². The number of β-amino-alcohol motifs (C(OH)–C–C–N with tert-alkyl or cyclic N) is 1. The average molecular weight is 295 g/mol. The Hall–Kier alpha value is -0.120. The molecule has 0 aromatic carbocycles. The summed E-state index contributed by atoms with van der Waals surface area (Å²) >= 11 is 0. The van der Waals surface area contributed by atoms with E-state index >= 15 is 0 Å². The Balaban J connectivity index is 1.42. The number of ether oxygens (including phenoxy) is 1. The van der Waals surface area contributed by atoms with Crippen LogP contribution in [0.25, 0.3) is 0 Å². The quantitative estimate of drug-likeness (QED) is 0.817. The van der Waals surface area contributed by atoms with E-state index in [4.69, 9.17) is 4.74 Å². The molecule has 1 aliphatic heterocycles. The van der Waals surface area contributed by atoms with Crippen LogP contribution in [0.15, 0.2) is 0 Å². The number of rotatable bonds is 6. The molecule has 1 saturated heterocycles. The zero-order valence-corrected chi connectivity index (χ0v) is 14.1. The van der Waals surface area contributed by atoms with Crippen molar-refractivity contribution in [3.63, 3.8) is 0 Å². The Bertz CT molecular complexity index is 364. The van der Waals surface area contributed by atoms with Gasteiger partial charge >= 0.3 is 0 Å². The molecular weight excluding hydrogens is 262 g/mol. The van der Waals surface area contributed by atoms with Gasteiger partial charge in [0.05, 0.1) is 12.2 Å². The molecule has 2 bridgehead atoms. The minimum absolute atomic E-state index is 0.220. The molecule has 1 N–H and O–H groups in total. The fourth-order valence-electron chi connectivity index (χ4n) is 5.08. The van der Waals surface area contributed by atoms with E-state index in [-0.39, 0.29) is 6.10 Å². The first kappa shape index (κ1) is 15.8. The predicted octanol–water partition coefficient (Wildman–Crippen LogP) is 3.06. The molecule has 1 heterocycles. The third-order valence-electron chi connectivity index (χ3n) is 7.15. The molecule has 4 atom stereocenters. The van der Waals surface area contributed by atoms with Crippen LogP contribution in [0.1, 0.15) is 59.3 Å². The van der Waals surface area contributed by atoms with Gasteiger partial charge in [-0.05, 0) is 68.4 Å². The third kappa shape index (κ3) is 2.77. The number of nitrogens with zero attached hydrogens (tertiary/aromatic N) is 1. The van der Waals surface area contributed by atoms with Gasteiger partial charge < -0.3 is 14.7 Å². The zero-order valence-electron chi connectivity index (χ0n) is 14.1. The molecule has 0 spiro atoms. The van der Waals surface area contributed by atoms with Crippen LogP contribution in [0.5, 0.6) is 0 Å². The first-order valence-corrected chi connectivity index (χ1v) is 8.95. The number of hydrogen-bond donors (Lipinski definition) is 1. The van der Waals surface area contributed by atoms with Gasteiger partial charge in [0.25, 0.3) is 0 Å². The van der Waals surface area contributed by atoms with Gasteiger partial charge in [0.2, 0.25) is 0 Å². The lowest BCUT2D eigenvalue weighted by Gasteiger charge is -2.39. The molecule has 21 heavy (non-hydrogen) atoms. The van der Waals surface area contributed by atoms with E-state index in [1.165, 1.54) is 32.1 Å². The van der Waals surface area contributed by atoms with Crippen LogP contribution in [0.4, 0.5) is 0 Å². The van der Waals surface area contributed by atoms with Gasteiger partial charge in [0, 0.05) is 13.2 Å². The summed E-state index contributed by atoms with van der Waals surface area (Å²) in [6.07, 6.45) is 7.47. The summed E-state index contributed by atoms with van der Waals surface area (Å²) in [5.41, 5.74) is 0.767. The van der Waals surface area contributed by atoms with Gasteiger partial charge in [0.1, 0.15) is 0 Å². The average Bonchev–Trinajstić information content (AvgIpc) is 3.04. The van der Waals surface area contributed by atoms with Crippen molar-refractivity contribution in [2.45, 2.75) is 71.5 Å². The molecule has 3 heteroatoms. The lowest BCUT2D eigenvalue weighted by atomic mass is 9.70. The number of aliphatic hydroxyl groups excluding tert-OH is 1. The molecule has 0 radical (unpaired) electrons. The van der Waals surface area contributed by atoms with Crippen LogP contribution >= 0.6 is 0 Å². The van der Waals surface area contributed by atoms with Crippen molar-refractivity contribution in [2.75, 3.05) is 26.2 Å². The van der Waals surface area contributed by atoms with Crippen LogP contribution in [0.3, 0.4) is 0 Å². The highest BCUT2D eigenvalue weighted by molar-refractivity contribution is 5.11. The first-order valence-electron chi connectivity index (χ1n) is 8.95. The number of fused-ring (bicyclic) bond motifs is 2. The molecule has 3 nitrogen and oxygen atoms in total. The van der Waals surface area contributed by atoms with Crippen molar-refractivity contribution >= 4 is 0 Å². The van der Waals surface area contributed by atoms with Crippen molar-refractivity contribution in [1.82, 2.24) is 4.90 Å². The Labute approximate surface area is 130 Å². The number of hydrogen-bond acceptors (Lipinski definition) is 3. The van der Waals surface area contributed by atoms with Gasteiger partial charge in [0.15, 0.2) is 0 Å². The Morgan fingerprint density at radius 3 is 2.52 bits per heavy atom. The summed E-state index contributed by atoms with van der Waals surface area (Å²) in [6, 6.07) is 0. The summed E-state index contributed by atoms with van der Waals surface area (Å²) in [6.45, 7) is 11.2. The lowest BCUT2D eigenvalue weighted by Crippen LogP contribution is -2.38. The van der Waals surface area contributed by atoms with Crippen LogP contribution in [0.2, 0.25) is 0 Å². The van der Waals surface area contributed by atoms with E-state index in [0.29, 0.717) is 16.9 Å². The van der Waals surface area contributed by atoms with Crippen LogP contribution < -0.4 is 0 Å². The second-order valence-corrected chi connectivity index (χ2v) is 8.42. The minimum atomic E-state index is -0.220. The van der Waals surface area contributed by atoms with E-state index in [9.17, 15) is 5.11 Å². The Kier molecular flexibility index (Phi) is 4.37. The second-order valence-electron chi connectivity index (χ2n) is 8.42. The number of aliphatic hydroxyl groups is 1. The summed E-state index contributed by atoms with van der Waals surface area (Å²) in [5, 5.41) is 10.2. The van der Waals surface area contributed by atoms with Crippen LogP contribution in [-0.4, -0.2) is 48.5 Å². The SMILES string of the molecule is CC1(C)[C@H]2CC[C@]1(C)[C@H](OCC[C@H](O)CN1CCCC1)C2. The molecule has 0 unspecified atom stereocenters. The molecule has 3 fully saturated rings. The van der Waals surface area contributed by atoms with Gasteiger partial charge in [-0.3, -0.25) is 0 Å². The summed E-state index contributed by atoms with van der Waals surface area (Å²) < 4.78 is 6.23. The molecule has 3 rings (SSSR count). The summed E-state index contributed by atoms with van der Waals surface area (Å²) in [7, 11) is 0. The predicted molar refractivity (Wildman–Crippen MR) is 85.3 cm³/mol. The zero-order chi connectivity index (χ0) is 15.1. The maximum atomic E-state index is 10.2. The normalized spacial score (nSPS) is 40.0. The van der Waals surface area contributed by atoms with Gasteiger partial charge in [-0.2, -0.15) is 0 Å². The van der Waals surface area contributed by atoms with Crippen molar-refractivity contribution in [1.29, 1.82) is 0 Å². The van der Waals surface area contributed by atoms with Crippen LogP contribution in [-0.2, 0) is 4.74 Å². The van der Waals surface area contributed by atoms with E-state index in [2.05, 4.69) is 25.7 Å². The summed E-state index contributed by atoms with van der Waals surface area (Å²) in [5.74, 6) is 0.835. The van der Waals surface area contributed by atoms with Gasteiger partial charge in [-0.15, -0.1) is 0 Å². The van der Waals surface area contributed by atoms with Crippen molar-refractivity contribution in [3.8, 4) is 0 Å². The maximum Gasteiger partial charge on any atom is 0.0689 e. The molecule has 2 saturated carbocycles. The fraction of sp³-hybridized carbons (Fsp3) is 1.00. The van der Waals surface area contributed by atoms with E-state index < -0.39 is 0 Å². The first-order chi connectivity index (χ1) is 9.93. The lowest BCUT2D eigenvalue weighted by molar-refractivity contribution is -0.0561. The van der Waals surface area contributed by atoms with E-state index in [1.807, 2.05) is 0 Å². The Morgan fingerprint density at radius 1 is 1.24 bits per heavy atom. The molecule has 0 aromatic rings. The molecular formula is C18H33NO2. The molecule has 2 aliphatic carbocycles. The van der Waals surface area contributed by atoms with Crippen molar-refractivity contribution < 1.29 is 9.84 Å². The largest absolute Gasteiger partial charge is 0.392 e. The highest BCUT2D eigenvalue weighted by Gasteiger charge is 2.61. The standard InChI is InChI=1S/C18H33NO2/c1-17(2)14-6-8-18(17,3)16(12-14)21-11-7-15(20)13-19-9-4-5-10-19/h14-16,20H,4-13H2,1-3H3/t14-,15-,16+,18+/m0/s1. The second kappa shape index (κ2) is 5.82. The van der Waals surface area contributed by atoms with E-state index in [0.717, 1.165) is 38.6 Å². The fourth-order valence-corrected chi connectivity index (χ4v) is 5.08.